The molecule has 1 atom stereocenters. The first-order chi connectivity index (χ1) is 17.7. The molecule has 0 bridgehead atoms. The number of ether oxygens (including phenoxy) is 1. The number of hydrogen-bond donors (Lipinski definition) is 2. The number of aromatic nitrogens is 3. The second-order valence-corrected chi connectivity index (χ2v) is 8.77. The lowest BCUT2D eigenvalue weighted by Gasteiger charge is -2.38. The average molecular weight is 480 g/mol. The van der Waals surface area contributed by atoms with Gasteiger partial charge in [-0.1, -0.05) is 24.8 Å². The summed E-state index contributed by atoms with van der Waals surface area (Å²) in [5.74, 6) is 2.90. The van der Waals surface area contributed by atoms with Gasteiger partial charge in [-0.3, -0.25) is 4.79 Å². The molecule has 2 aromatic carbocycles. The minimum absolute atomic E-state index is 0.0118. The zero-order valence-electron chi connectivity index (χ0n) is 19.6. The number of hydrazone groups is 1. The largest absolute Gasteiger partial charge is 0.457 e. The highest BCUT2D eigenvalue weighted by Crippen LogP contribution is 2.35. The molecule has 0 aliphatic carbocycles. The molecule has 4 heterocycles. The zero-order chi connectivity index (χ0) is 24.5. The van der Waals surface area contributed by atoms with Crippen molar-refractivity contribution in [2.75, 3.05) is 23.4 Å². The first kappa shape index (κ1) is 21.8. The van der Waals surface area contributed by atoms with Gasteiger partial charge < -0.3 is 19.9 Å². The van der Waals surface area contributed by atoms with Gasteiger partial charge in [-0.25, -0.2) is 15.0 Å². The second-order valence-electron chi connectivity index (χ2n) is 8.77. The van der Waals surface area contributed by atoms with Gasteiger partial charge >= 0.3 is 0 Å². The van der Waals surface area contributed by atoms with E-state index in [2.05, 4.69) is 26.8 Å². The summed E-state index contributed by atoms with van der Waals surface area (Å²) in [7, 11) is 0. The molecule has 0 saturated carbocycles. The second kappa shape index (κ2) is 9.18. The van der Waals surface area contributed by atoms with Crippen molar-refractivity contribution >= 4 is 34.3 Å². The summed E-state index contributed by atoms with van der Waals surface area (Å²) in [6, 6.07) is 17.4. The topological polar surface area (TPSA) is 98.7 Å². The van der Waals surface area contributed by atoms with E-state index in [1.807, 2.05) is 70.7 Å². The molecule has 2 aliphatic rings. The number of amidine groups is 1. The summed E-state index contributed by atoms with van der Waals surface area (Å²) in [6.07, 6.45) is 6.59. The molecule has 9 nitrogen and oxygen atoms in total. The van der Waals surface area contributed by atoms with Crippen LogP contribution in [0.5, 0.6) is 11.5 Å². The van der Waals surface area contributed by atoms with E-state index in [0.29, 0.717) is 12.4 Å². The number of carbonyl (C=O) groups is 1. The monoisotopic (exact) mass is 479 g/mol. The average Bonchev–Trinajstić information content (AvgIpc) is 3.37. The number of nitrogens with one attached hydrogen (secondary N) is 2. The molecule has 4 aromatic rings. The molecule has 6 rings (SSSR count). The maximum Gasteiger partial charge on any atom is 0.246 e. The summed E-state index contributed by atoms with van der Waals surface area (Å²) < 4.78 is 5.91. The Morgan fingerprint density at radius 1 is 1.11 bits per heavy atom. The van der Waals surface area contributed by atoms with Gasteiger partial charge in [0.1, 0.15) is 23.5 Å². The number of nitrogens with zero attached hydrogens (tertiary/aromatic N) is 5. The van der Waals surface area contributed by atoms with E-state index in [1.165, 1.54) is 6.08 Å². The van der Waals surface area contributed by atoms with Crippen LogP contribution in [0.3, 0.4) is 0 Å². The number of H-pyrrole nitrogens is 1. The number of hydrogen-bond acceptors (Lipinski definition) is 7. The predicted molar refractivity (Wildman–Crippen MR) is 139 cm³/mol. The Balaban J connectivity index is 1.29. The fourth-order valence-electron chi connectivity index (χ4n) is 4.71. The van der Waals surface area contributed by atoms with Crippen molar-refractivity contribution in [3.63, 3.8) is 0 Å². The van der Waals surface area contributed by atoms with Crippen LogP contribution in [-0.4, -0.2) is 50.7 Å². The third kappa shape index (κ3) is 4.04. The van der Waals surface area contributed by atoms with Crippen molar-refractivity contribution in [3.8, 4) is 11.5 Å². The van der Waals surface area contributed by atoms with E-state index >= 15 is 0 Å². The molecular formula is C27H25N7O2. The van der Waals surface area contributed by atoms with E-state index in [-0.39, 0.29) is 11.9 Å². The minimum Gasteiger partial charge on any atom is -0.457 e. The summed E-state index contributed by atoms with van der Waals surface area (Å²) >= 11 is 0. The summed E-state index contributed by atoms with van der Waals surface area (Å²) in [6.45, 7) is 4.91. The molecule has 0 radical (unpaired) electrons. The maximum absolute atomic E-state index is 12.3. The molecule has 9 heteroatoms. The maximum atomic E-state index is 12.3. The molecular weight excluding hydrogens is 454 g/mol. The fraction of sp³-hybridized carbons (Fsp3) is 0.185. The molecule has 2 N–H and O–H groups in total. The van der Waals surface area contributed by atoms with E-state index < -0.39 is 0 Å². The molecule has 2 aliphatic heterocycles. The van der Waals surface area contributed by atoms with Crippen molar-refractivity contribution in [2.45, 2.75) is 18.9 Å². The van der Waals surface area contributed by atoms with Crippen LogP contribution in [0.15, 0.2) is 84.9 Å². The van der Waals surface area contributed by atoms with Crippen molar-refractivity contribution in [2.24, 2.45) is 5.10 Å². The van der Waals surface area contributed by atoms with Crippen molar-refractivity contribution in [1.82, 2.24) is 19.9 Å². The summed E-state index contributed by atoms with van der Waals surface area (Å²) in [4.78, 5) is 26.3. The van der Waals surface area contributed by atoms with Gasteiger partial charge in [0.05, 0.1) is 11.4 Å². The van der Waals surface area contributed by atoms with Crippen LogP contribution in [0.25, 0.3) is 11.0 Å². The zero-order valence-corrected chi connectivity index (χ0v) is 19.6. The Morgan fingerprint density at radius 2 is 1.92 bits per heavy atom. The lowest BCUT2D eigenvalue weighted by molar-refractivity contribution is -0.127. The predicted octanol–water partition coefficient (Wildman–Crippen LogP) is 4.52. The van der Waals surface area contributed by atoms with E-state index in [9.17, 15) is 4.79 Å². The van der Waals surface area contributed by atoms with Crippen LogP contribution in [0.1, 0.15) is 18.4 Å². The Morgan fingerprint density at radius 3 is 2.72 bits per heavy atom. The smallest absolute Gasteiger partial charge is 0.246 e. The SMILES string of the molecule is C=CC(=O)N1CCCC(N2N=C(Nc3ccc(Oc4ccccc4)cc3)c3c[nH]c4ncnc2c34)C1. The highest BCUT2D eigenvalue weighted by atomic mass is 16.5. The Bertz CT molecular complexity index is 1450. The first-order valence-electron chi connectivity index (χ1n) is 11.9. The van der Waals surface area contributed by atoms with Gasteiger partial charge in [0.25, 0.3) is 0 Å². The lowest BCUT2D eigenvalue weighted by Crippen LogP contribution is -2.49. The Labute approximate surface area is 208 Å². The number of amides is 1. The van der Waals surface area contributed by atoms with Crippen molar-refractivity contribution in [1.29, 1.82) is 0 Å². The molecule has 1 amide bonds. The van der Waals surface area contributed by atoms with Crippen LogP contribution in [0.2, 0.25) is 0 Å². The lowest BCUT2D eigenvalue weighted by atomic mass is 10.0. The quantitative estimate of drug-likeness (QED) is 0.409. The molecule has 0 spiro atoms. The number of para-hydroxylation sites is 1. The molecule has 1 saturated heterocycles. The molecule has 36 heavy (non-hydrogen) atoms. The number of benzene rings is 2. The van der Waals surface area contributed by atoms with Gasteiger partial charge in [-0.15, -0.1) is 0 Å². The first-order valence-corrected chi connectivity index (χ1v) is 11.9. The van der Waals surface area contributed by atoms with Gasteiger partial charge in [0, 0.05) is 30.5 Å². The van der Waals surface area contributed by atoms with Gasteiger partial charge in [-0.2, -0.15) is 5.10 Å². The van der Waals surface area contributed by atoms with Crippen LogP contribution in [-0.2, 0) is 4.79 Å². The van der Waals surface area contributed by atoms with Gasteiger partial charge in [0.15, 0.2) is 11.7 Å². The highest BCUT2D eigenvalue weighted by molar-refractivity contribution is 6.19. The number of rotatable bonds is 5. The Kier molecular flexibility index (Phi) is 5.57. The number of anilines is 2. The van der Waals surface area contributed by atoms with Crippen molar-refractivity contribution < 1.29 is 9.53 Å². The number of carbonyl (C=O) groups excluding carboxylic acids is 1. The van der Waals surface area contributed by atoms with E-state index in [0.717, 1.165) is 59.0 Å². The standard InChI is InChI=1S/C27H25N7O2/c1-2-23(35)33-14-6-7-19(16-33)34-27-24-22(15-28-26(24)29-17-30-27)25(32-34)31-18-10-12-21(13-11-18)36-20-8-4-3-5-9-20/h2-5,8-13,15,17,19H,1,6-7,14,16H2,(H,31,32)(H,28,29,30). The van der Waals surface area contributed by atoms with Crippen LogP contribution < -0.4 is 15.1 Å². The molecule has 180 valence electrons. The third-order valence-corrected chi connectivity index (χ3v) is 6.45. The van der Waals surface area contributed by atoms with E-state index in [4.69, 9.17) is 9.84 Å². The molecule has 2 aromatic heterocycles. The normalized spacial score (nSPS) is 17.0. The van der Waals surface area contributed by atoms with Gasteiger partial charge in [0.2, 0.25) is 5.91 Å². The van der Waals surface area contributed by atoms with Crippen LogP contribution in [0.4, 0.5) is 11.5 Å². The van der Waals surface area contributed by atoms with Crippen molar-refractivity contribution in [3.05, 3.63) is 85.3 Å². The highest BCUT2D eigenvalue weighted by Gasteiger charge is 2.33. The molecule has 1 fully saturated rings. The molecule has 1 unspecified atom stereocenters. The number of likely N-dealkylation sites (tertiary alicyclic amines) is 1. The minimum atomic E-state index is -0.0629. The number of aromatic amines is 1. The third-order valence-electron chi connectivity index (χ3n) is 6.45. The van der Waals surface area contributed by atoms with Gasteiger partial charge in [-0.05, 0) is 55.3 Å². The summed E-state index contributed by atoms with van der Waals surface area (Å²) in [5, 5.41) is 11.3. The summed E-state index contributed by atoms with van der Waals surface area (Å²) in [5.41, 5.74) is 2.52. The van der Waals surface area contributed by atoms with Crippen LogP contribution in [0, 0.1) is 0 Å². The number of piperidine rings is 1. The van der Waals surface area contributed by atoms with Crippen LogP contribution >= 0.6 is 0 Å². The fourth-order valence-corrected chi connectivity index (χ4v) is 4.71. The van der Waals surface area contributed by atoms with E-state index in [1.54, 1.807) is 6.33 Å². The Hall–Kier alpha value is -4.66.